The van der Waals surface area contributed by atoms with E-state index < -0.39 is 0 Å². The Balaban J connectivity index is 2.03. The fourth-order valence-electron chi connectivity index (χ4n) is 1.83. The van der Waals surface area contributed by atoms with Crippen LogP contribution in [-0.4, -0.2) is 10.9 Å². The van der Waals surface area contributed by atoms with E-state index in [2.05, 4.69) is 10.3 Å². The number of aromatic nitrogens is 1. The lowest BCUT2D eigenvalue weighted by atomic mass is 10.1. The molecule has 0 fully saturated rings. The SMILES string of the molecule is CC(NC(=O)C=Cc1c(Cl)cccc1Cl)c1ccncc1. The van der Waals surface area contributed by atoms with Crippen LogP contribution in [0.4, 0.5) is 0 Å². The van der Waals surface area contributed by atoms with Gasteiger partial charge in [-0.2, -0.15) is 0 Å². The number of nitrogens with zero attached hydrogens (tertiary/aromatic N) is 1. The van der Waals surface area contributed by atoms with E-state index in [1.165, 1.54) is 6.08 Å². The molecule has 1 atom stereocenters. The molecule has 1 amide bonds. The first-order chi connectivity index (χ1) is 10.1. The maximum absolute atomic E-state index is 11.9. The molecule has 2 aromatic rings. The highest BCUT2D eigenvalue weighted by molar-refractivity contribution is 6.37. The minimum atomic E-state index is -0.213. The van der Waals surface area contributed by atoms with Crippen LogP contribution in [0.1, 0.15) is 24.1 Å². The molecule has 0 radical (unpaired) electrons. The summed E-state index contributed by atoms with van der Waals surface area (Å²) in [6.07, 6.45) is 6.42. The summed E-state index contributed by atoms with van der Waals surface area (Å²) in [5.41, 5.74) is 1.62. The molecule has 0 saturated heterocycles. The van der Waals surface area contributed by atoms with Gasteiger partial charge in [-0.3, -0.25) is 9.78 Å². The Bertz CT molecular complexity index is 636. The van der Waals surface area contributed by atoms with E-state index in [-0.39, 0.29) is 11.9 Å². The van der Waals surface area contributed by atoms with Crippen LogP contribution in [0.25, 0.3) is 6.08 Å². The first-order valence-electron chi connectivity index (χ1n) is 6.40. The Hall–Kier alpha value is -1.84. The lowest BCUT2D eigenvalue weighted by molar-refractivity contribution is -0.117. The number of carbonyl (C=O) groups is 1. The van der Waals surface area contributed by atoms with Crippen molar-refractivity contribution in [1.82, 2.24) is 10.3 Å². The van der Waals surface area contributed by atoms with Gasteiger partial charge in [-0.15, -0.1) is 0 Å². The van der Waals surface area contributed by atoms with Crippen molar-refractivity contribution in [1.29, 1.82) is 0 Å². The van der Waals surface area contributed by atoms with Gasteiger partial charge in [0.05, 0.1) is 6.04 Å². The molecular formula is C16H14Cl2N2O. The average Bonchev–Trinajstić information content (AvgIpc) is 2.47. The standard InChI is InChI=1S/C16H14Cl2N2O/c1-11(12-7-9-19-10-8-12)20-16(21)6-5-13-14(17)3-2-4-15(13)18/h2-11H,1H3,(H,20,21). The van der Waals surface area contributed by atoms with Gasteiger partial charge in [0.1, 0.15) is 0 Å². The predicted octanol–water partition coefficient (Wildman–Crippen LogP) is 4.28. The first-order valence-corrected chi connectivity index (χ1v) is 7.16. The number of halogens is 2. The summed E-state index contributed by atoms with van der Waals surface area (Å²) in [6, 6.07) is 8.83. The highest BCUT2D eigenvalue weighted by Crippen LogP contribution is 2.25. The summed E-state index contributed by atoms with van der Waals surface area (Å²) < 4.78 is 0. The van der Waals surface area contributed by atoms with Crippen LogP contribution in [0, 0.1) is 0 Å². The van der Waals surface area contributed by atoms with Crippen LogP contribution in [-0.2, 0) is 4.79 Å². The number of nitrogens with one attached hydrogen (secondary N) is 1. The lowest BCUT2D eigenvalue weighted by Gasteiger charge is -2.12. The van der Waals surface area contributed by atoms with Crippen LogP contribution >= 0.6 is 23.2 Å². The zero-order valence-corrected chi connectivity index (χ0v) is 12.9. The van der Waals surface area contributed by atoms with E-state index >= 15 is 0 Å². The van der Waals surface area contributed by atoms with Crippen molar-refractivity contribution in [3.63, 3.8) is 0 Å². The monoisotopic (exact) mass is 320 g/mol. The quantitative estimate of drug-likeness (QED) is 0.854. The van der Waals surface area contributed by atoms with Crippen molar-refractivity contribution >= 4 is 35.2 Å². The number of hydrogen-bond donors (Lipinski definition) is 1. The van der Waals surface area contributed by atoms with Crippen LogP contribution in [0.15, 0.2) is 48.8 Å². The summed E-state index contributed by atoms with van der Waals surface area (Å²) >= 11 is 12.1. The predicted molar refractivity (Wildman–Crippen MR) is 86.3 cm³/mol. The van der Waals surface area contributed by atoms with Crippen LogP contribution in [0.3, 0.4) is 0 Å². The van der Waals surface area contributed by atoms with Crippen LogP contribution < -0.4 is 5.32 Å². The molecule has 1 N–H and O–H groups in total. The molecular weight excluding hydrogens is 307 g/mol. The van der Waals surface area contributed by atoms with Gasteiger partial charge < -0.3 is 5.32 Å². The summed E-state index contributed by atoms with van der Waals surface area (Å²) in [5, 5.41) is 3.88. The highest BCUT2D eigenvalue weighted by Gasteiger charge is 2.07. The molecule has 1 aromatic heterocycles. The van der Waals surface area contributed by atoms with E-state index in [1.54, 1.807) is 36.7 Å². The van der Waals surface area contributed by atoms with Gasteiger partial charge in [0.15, 0.2) is 0 Å². The van der Waals surface area contributed by atoms with Crippen molar-refractivity contribution in [2.75, 3.05) is 0 Å². The summed E-state index contributed by atoms with van der Waals surface area (Å²) in [4.78, 5) is 15.9. The highest BCUT2D eigenvalue weighted by atomic mass is 35.5. The molecule has 1 heterocycles. The van der Waals surface area contributed by atoms with Gasteiger partial charge in [-0.1, -0.05) is 29.3 Å². The summed E-state index contributed by atoms with van der Waals surface area (Å²) in [6.45, 7) is 1.91. The molecule has 108 valence electrons. The Kier molecular flexibility index (Phi) is 5.37. The Labute approximate surface area is 133 Å². The van der Waals surface area contributed by atoms with Gasteiger partial charge in [-0.25, -0.2) is 0 Å². The fraction of sp³-hybridized carbons (Fsp3) is 0.125. The Morgan fingerprint density at radius 2 is 1.81 bits per heavy atom. The van der Waals surface area contributed by atoms with Crippen molar-refractivity contribution in [3.8, 4) is 0 Å². The van der Waals surface area contributed by atoms with Crippen molar-refractivity contribution in [3.05, 3.63) is 70.0 Å². The third-order valence-corrected chi connectivity index (χ3v) is 3.63. The van der Waals surface area contributed by atoms with Gasteiger partial charge >= 0.3 is 0 Å². The van der Waals surface area contributed by atoms with Crippen LogP contribution in [0.2, 0.25) is 10.0 Å². The molecule has 1 unspecified atom stereocenters. The second kappa shape index (κ2) is 7.25. The van der Waals surface area contributed by atoms with Gasteiger partial charge in [-0.05, 0) is 42.8 Å². The first kappa shape index (κ1) is 15.5. The number of hydrogen-bond acceptors (Lipinski definition) is 2. The smallest absolute Gasteiger partial charge is 0.244 e. The largest absolute Gasteiger partial charge is 0.346 e. The molecule has 0 saturated carbocycles. The number of pyridine rings is 1. The third kappa shape index (κ3) is 4.31. The lowest BCUT2D eigenvalue weighted by Crippen LogP contribution is -2.24. The number of benzene rings is 1. The molecule has 1 aromatic carbocycles. The van der Waals surface area contributed by atoms with E-state index in [1.807, 2.05) is 19.1 Å². The van der Waals surface area contributed by atoms with Gasteiger partial charge in [0, 0.05) is 34.1 Å². The molecule has 5 heteroatoms. The van der Waals surface area contributed by atoms with E-state index in [0.29, 0.717) is 15.6 Å². The zero-order valence-electron chi connectivity index (χ0n) is 11.4. The average molecular weight is 321 g/mol. The molecule has 0 spiro atoms. The van der Waals surface area contributed by atoms with Crippen molar-refractivity contribution in [2.45, 2.75) is 13.0 Å². The maximum atomic E-state index is 11.9. The van der Waals surface area contributed by atoms with Crippen LogP contribution in [0.5, 0.6) is 0 Å². The molecule has 0 aliphatic carbocycles. The van der Waals surface area contributed by atoms with E-state index in [4.69, 9.17) is 23.2 Å². The second-order valence-corrected chi connectivity index (χ2v) is 5.29. The van der Waals surface area contributed by atoms with Crippen molar-refractivity contribution < 1.29 is 4.79 Å². The normalized spacial score (nSPS) is 12.3. The van der Waals surface area contributed by atoms with Gasteiger partial charge in [0.25, 0.3) is 0 Å². The minimum absolute atomic E-state index is 0.105. The maximum Gasteiger partial charge on any atom is 0.244 e. The number of rotatable bonds is 4. The third-order valence-electron chi connectivity index (χ3n) is 2.97. The zero-order chi connectivity index (χ0) is 15.2. The number of carbonyl (C=O) groups excluding carboxylic acids is 1. The Morgan fingerprint density at radius 1 is 1.19 bits per heavy atom. The van der Waals surface area contributed by atoms with E-state index in [9.17, 15) is 4.79 Å². The molecule has 0 aliphatic rings. The summed E-state index contributed by atoms with van der Waals surface area (Å²) in [7, 11) is 0. The van der Waals surface area contributed by atoms with Gasteiger partial charge in [0.2, 0.25) is 5.91 Å². The molecule has 2 rings (SSSR count). The minimum Gasteiger partial charge on any atom is -0.346 e. The van der Waals surface area contributed by atoms with Crippen molar-refractivity contribution in [2.24, 2.45) is 0 Å². The number of amides is 1. The van der Waals surface area contributed by atoms with E-state index in [0.717, 1.165) is 5.56 Å². The molecule has 0 bridgehead atoms. The Morgan fingerprint density at radius 3 is 2.43 bits per heavy atom. The summed E-state index contributed by atoms with van der Waals surface area (Å²) in [5.74, 6) is -0.213. The second-order valence-electron chi connectivity index (χ2n) is 4.48. The molecule has 3 nitrogen and oxygen atoms in total. The topological polar surface area (TPSA) is 42.0 Å². The molecule has 21 heavy (non-hydrogen) atoms. The molecule has 0 aliphatic heterocycles. The fourth-order valence-corrected chi connectivity index (χ4v) is 2.35.